The quantitative estimate of drug-likeness (QED) is 0.711. The first-order valence-corrected chi connectivity index (χ1v) is 9.02. The predicted octanol–water partition coefficient (Wildman–Crippen LogP) is 2.64. The third kappa shape index (κ3) is 4.69. The summed E-state index contributed by atoms with van der Waals surface area (Å²) in [5, 5.41) is 18.9. The number of aliphatic hydroxyl groups is 1. The predicted molar refractivity (Wildman–Crippen MR) is 94.3 cm³/mol. The zero-order valence-electron chi connectivity index (χ0n) is 14.3. The highest BCUT2D eigenvalue weighted by Crippen LogP contribution is 2.33. The van der Waals surface area contributed by atoms with Crippen LogP contribution in [-0.2, 0) is 11.2 Å². The number of likely N-dealkylation sites (tertiary alicyclic amines) is 1. The fraction of sp³-hybridized carbons (Fsp3) is 0.500. The van der Waals surface area contributed by atoms with Gasteiger partial charge in [0.05, 0.1) is 17.7 Å². The zero-order chi connectivity index (χ0) is 17.8. The van der Waals surface area contributed by atoms with Crippen molar-refractivity contribution < 1.29 is 19.8 Å². The summed E-state index contributed by atoms with van der Waals surface area (Å²) in [6.07, 6.45) is 8.72. The van der Waals surface area contributed by atoms with E-state index in [1.807, 2.05) is 29.2 Å². The molecule has 2 atom stereocenters. The van der Waals surface area contributed by atoms with E-state index >= 15 is 0 Å². The molecule has 3 rings (SSSR count). The van der Waals surface area contributed by atoms with Crippen LogP contribution in [0.4, 0.5) is 0 Å². The van der Waals surface area contributed by atoms with Crippen molar-refractivity contribution in [2.24, 2.45) is 5.92 Å². The Hall–Kier alpha value is -2.14. The normalized spacial score (nSPS) is 21.9. The second-order valence-electron chi connectivity index (χ2n) is 7.01. The lowest BCUT2D eigenvalue weighted by Gasteiger charge is -2.22. The van der Waals surface area contributed by atoms with Crippen LogP contribution >= 0.6 is 0 Å². The third-order valence-corrected chi connectivity index (χ3v) is 5.08. The molecule has 1 aliphatic heterocycles. The van der Waals surface area contributed by atoms with Crippen molar-refractivity contribution in [1.82, 2.24) is 4.90 Å². The standard InChI is InChI=1S/C20H25NO4/c22-18(15-7-8-15)11-9-17-10-12-19(23)21(17)13-1-2-14-3-5-16(6-4-14)20(24)25/h3-6,9,11,15,17-18,22H,1-2,7-8,10,12-13H2,(H,24,25)/b11-9+/t17-,18?/m0/s1. The SMILES string of the molecule is O=C(O)c1ccc(CCCN2C(=O)CC[C@@H]2/C=C/C(O)C2CC2)cc1. The van der Waals surface area contributed by atoms with Crippen LogP contribution in [0.2, 0.25) is 0 Å². The van der Waals surface area contributed by atoms with Gasteiger partial charge in [-0.3, -0.25) is 4.79 Å². The van der Waals surface area contributed by atoms with E-state index in [4.69, 9.17) is 5.11 Å². The minimum Gasteiger partial charge on any atom is -0.478 e. The number of aliphatic hydroxyl groups excluding tert-OH is 1. The summed E-state index contributed by atoms with van der Waals surface area (Å²) in [7, 11) is 0. The average molecular weight is 343 g/mol. The number of carboxylic acid groups (broad SMARTS) is 1. The van der Waals surface area contributed by atoms with Crippen molar-refractivity contribution in [2.45, 2.75) is 50.7 Å². The number of carbonyl (C=O) groups excluding carboxylic acids is 1. The van der Waals surface area contributed by atoms with E-state index in [1.165, 1.54) is 0 Å². The topological polar surface area (TPSA) is 77.8 Å². The molecule has 2 aliphatic rings. The second kappa shape index (κ2) is 7.83. The molecule has 0 radical (unpaired) electrons. The Morgan fingerprint density at radius 1 is 1.24 bits per heavy atom. The molecule has 5 nitrogen and oxygen atoms in total. The molecular weight excluding hydrogens is 318 g/mol. The number of carboxylic acids is 1. The molecule has 1 saturated heterocycles. The Morgan fingerprint density at radius 3 is 2.60 bits per heavy atom. The van der Waals surface area contributed by atoms with Crippen molar-refractivity contribution in [2.75, 3.05) is 6.54 Å². The highest BCUT2D eigenvalue weighted by molar-refractivity contribution is 5.87. The average Bonchev–Trinajstić information content (AvgIpc) is 3.39. The first-order valence-electron chi connectivity index (χ1n) is 9.02. The molecule has 0 aromatic heterocycles. The van der Waals surface area contributed by atoms with E-state index in [-0.39, 0.29) is 23.6 Å². The van der Waals surface area contributed by atoms with Gasteiger partial charge in [-0.15, -0.1) is 0 Å². The molecule has 2 N–H and O–H groups in total. The molecule has 0 bridgehead atoms. The molecule has 1 unspecified atom stereocenters. The molecule has 1 aromatic carbocycles. The molecule has 1 aromatic rings. The molecule has 5 heteroatoms. The van der Waals surface area contributed by atoms with Gasteiger partial charge in [-0.1, -0.05) is 24.3 Å². The minimum absolute atomic E-state index is 0.0929. The first kappa shape index (κ1) is 17.7. The summed E-state index contributed by atoms with van der Waals surface area (Å²) in [6, 6.07) is 6.99. The van der Waals surface area contributed by atoms with Gasteiger partial charge in [0.1, 0.15) is 0 Å². The maximum atomic E-state index is 12.1. The maximum Gasteiger partial charge on any atom is 0.335 e. The summed E-state index contributed by atoms with van der Waals surface area (Å²) in [5.41, 5.74) is 1.37. The second-order valence-corrected chi connectivity index (χ2v) is 7.01. The van der Waals surface area contributed by atoms with Crippen molar-refractivity contribution in [3.63, 3.8) is 0 Å². The molecule has 1 amide bonds. The number of aromatic carboxylic acids is 1. The lowest BCUT2D eigenvalue weighted by molar-refractivity contribution is -0.128. The van der Waals surface area contributed by atoms with E-state index in [9.17, 15) is 14.7 Å². The van der Waals surface area contributed by atoms with Crippen LogP contribution < -0.4 is 0 Å². The largest absolute Gasteiger partial charge is 0.478 e. The number of benzene rings is 1. The lowest BCUT2D eigenvalue weighted by Crippen LogP contribution is -2.33. The smallest absolute Gasteiger partial charge is 0.335 e. The molecule has 1 aliphatic carbocycles. The van der Waals surface area contributed by atoms with Crippen LogP contribution in [0.3, 0.4) is 0 Å². The molecule has 134 valence electrons. The molecule has 2 fully saturated rings. The van der Waals surface area contributed by atoms with Gasteiger partial charge in [-0.05, 0) is 55.7 Å². The zero-order valence-corrected chi connectivity index (χ0v) is 14.3. The number of hydrogen-bond donors (Lipinski definition) is 2. The van der Waals surface area contributed by atoms with E-state index < -0.39 is 5.97 Å². The number of amides is 1. The lowest BCUT2D eigenvalue weighted by atomic mass is 10.1. The Morgan fingerprint density at radius 2 is 1.96 bits per heavy atom. The molecule has 25 heavy (non-hydrogen) atoms. The number of hydrogen-bond acceptors (Lipinski definition) is 3. The van der Waals surface area contributed by atoms with Gasteiger partial charge in [0.15, 0.2) is 0 Å². The minimum atomic E-state index is -0.919. The van der Waals surface area contributed by atoms with Crippen LogP contribution in [0, 0.1) is 5.92 Å². The number of carbonyl (C=O) groups is 2. The van der Waals surface area contributed by atoms with Gasteiger partial charge in [-0.2, -0.15) is 0 Å². The van der Waals surface area contributed by atoms with Gasteiger partial charge in [0.25, 0.3) is 0 Å². The van der Waals surface area contributed by atoms with Gasteiger partial charge < -0.3 is 15.1 Å². The summed E-state index contributed by atoms with van der Waals surface area (Å²) in [6.45, 7) is 0.689. The highest BCUT2D eigenvalue weighted by Gasteiger charge is 2.31. The summed E-state index contributed by atoms with van der Waals surface area (Å²) in [4.78, 5) is 24.9. The van der Waals surface area contributed by atoms with Crippen molar-refractivity contribution in [3.8, 4) is 0 Å². The van der Waals surface area contributed by atoms with E-state index in [0.717, 1.165) is 37.7 Å². The van der Waals surface area contributed by atoms with Gasteiger partial charge in [-0.25, -0.2) is 4.79 Å². The van der Waals surface area contributed by atoms with Crippen molar-refractivity contribution >= 4 is 11.9 Å². The molecular formula is C20H25NO4. The Bertz CT molecular complexity index is 648. The van der Waals surface area contributed by atoms with Crippen LogP contribution in [0.15, 0.2) is 36.4 Å². The Labute approximate surface area is 148 Å². The van der Waals surface area contributed by atoms with Crippen molar-refractivity contribution in [1.29, 1.82) is 0 Å². The number of rotatable bonds is 8. The van der Waals surface area contributed by atoms with E-state index in [1.54, 1.807) is 12.1 Å². The van der Waals surface area contributed by atoms with Gasteiger partial charge in [0, 0.05) is 13.0 Å². The molecule has 1 heterocycles. The van der Waals surface area contributed by atoms with Crippen LogP contribution in [0.25, 0.3) is 0 Å². The van der Waals surface area contributed by atoms with Gasteiger partial charge in [0.2, 0.25) is 5.91 Å². The highest BCUT2D eigenvalue weighted by atomic mass is 16.4. The monoisotopic (exact) mass is 343 g/mol. The van der Waals surface area contributed by atoms with E-state index in [2.05, 4.69) is 0 Å². The van der Waals surface area contributed by atoms with Gasteiger partial charge >= 0.3 is 5.97 Å². The van der Waals surface area contributed by atoms with Crippen LogP contribution in [-0.4, -0.2) is 45.7 Å². The van der Waals surface area contributed by atoms with E-state index in [0.29, 0.717) is 18.9 Å². The van der Waals surface area contributed by atoms with Crippen LogP contribution in [0.5, 0.6) is 0 Å². The third-order valence-electron chi connectivity index (χ3n) is 5.08. The van der Waals surface area contributed by atoms with Crippen LogP contribution in [0.1, 0.15) is 48.0 Å². The fourth-order valence-electron chi connectivity index (χ4n) is 3.35. The number of nitrogens with zero attached hydrogens (tertiary/aromatic N) is 1. The fourth-order valence-corrected chi connectivity index (χ4v) is 3.35. The Kier molecular flexibility index (Phi) is 5.53. The maximum absolute atomic E-state index is 12.1. The summed E-state index contributed by atoms with van der Waals surface area (Å²) >= 11 is 0. The first-order chi connectivity index (χ1) is 12.0. The molecule has 0 spiro atoms. The van der Waals surface area contributed by atoms with Crippen molar-refractivity contribution in [3.05, 3.63) is 47.5 Å². The number of aryl methyl sites for hydroxylation is 1. The molecule has 1 saturated carbocycles. The summed E-state index contributed by atoms with van der Waals surface area (Å²) < 4.78 is 0. The summed E-state index contributed by atoms with van der Waals surface area (Å²) in [5.74, 6) is -0.329. The Balaban J connectivity index is 1.49.